The molecule has 5 heteroatoms. The predicted molar refractivity (Wildman–Crippen MR) is 90.1 cm³/mol. The molecule has 2 aromatic carbocycles. The van der Waals surface area contributed by atoms with E-state index < -0.39 is 10.3 Å². The topological polar surface area (TPSA) is 69.2 Å². The zero-order chi connectivity index (χ0) is 16.9. The molecular formula is C19H19FN2O2. The molecule has 2 aliphatic rings. The normalized spacial score (nSPS) is 28.2. The Morgan fingerprint density at radius 2 is 1.62 bits per heavy atom. The highest BCUT2D eigenvalue weighted by atomic mass is 19.1. The smallest absolute Gasteiger partial charge is 0.269 e. The third-order valence-corrected chi connectivity index (χ3v) is 6.01. The molecule has 0 aliphatic heterocycles. The van der Waals surface area contributed by atoms with Gasteiger partial charge in [-0.15, -0.1) is 0 Å². The minimum Gasteiger partial charge on any atom is -0.399 e. The first kappa shape index (κ1) is 15.1. The highest BCUT2D eigenvalue weighted by Gasteiger charge is 2.57. The molecule has 2 bridgehead atoms. The lowest BCUT2D eigenvalue weighted by molar-refractivity contribution is -0.384. The average molecular weight is 326 g/mol. The molecule has 0 amide bonds. The number of hydrogen-bond donors (Lipinski definition) is 1. The van der Waals surface area contributed by atoms with Gasteiger partial charge in [0.2, 0.25) is 0 Å². The van der Waals surface area contributed by atoms with Crippen molar-refractivity contribution < 1.29 is 9.31 Å². The summed E-state index contributed by atoms with van der Waals surface area (Å²) in [7, 11) is 0. The van der Waals surface area contributed by atoms with E-state index in [0.29, 0.717) is 23.1 Å². The lowest BCUT2D eigenvalue weighted by Crippen LogP contribution is -2.34. The summed E-state index contributed by atoms with van der Waals surface area (Å²) in [6.45, 7) is 0. The van der Waals surface area contributed by atoms with Crippen LogP contribution in [0.15, 0.2) is 42.5 Å². The monoisotopic (exact) mass is 326 g/mol. The summed E-state index contributed by atoms with van der Waals surface area (Å²) < 4.78 is 14.8. The van der Waals surface area contributed by atoms with Crippen molar-refractivity contribution in [3.8, 4) is 0 Å². The fraction of sp³-hybridized carbons (Fsp3) is 0.368. The van der Waals surface area contributed by atoms with E-state index in [1.54, 1.807) is 24.3 Å². The van der Waals surface area contributed by atoms with Crippen LogP contribution in [0.25, 0.3) is 0 Å². The van der Waals surface area contributed by atoms with Crippen LogP contribution in [-0.4, -0.2) is 4.92 Å². The number of nitro benzene ring substituents is 1. The van der Waals surface area contributed by atoms with Crippen molar-refractivity contribution in [1.29, 1.82) is 0 Å². The van der Waals surface area contributed by atoms with Gasteiger partial charge in [-0.05, 0) is 61.3 Å². The number of benzene rings is 2. The molecule has 4 nitrogen and oxygen atoms in total. The molecule has 0 heterocycles. The van der Waals surface area contributed by atoms with Gasteiger partial charge in [-0.25, -0.2) is 4.39 Å². The Hall–Kier alpha value is -2.43. The second-order valence-electron chi connectivity index (χ2n) is 6.96. The van der Waals surface area contributed by atoms with Crippen LogP contribution in [0.4, 0.5) is 15.8 Å². The molecule has 0 atom stereocenters. The van der Waals surface area contributed by atoms with E-state index in [4.69, 9.17) is 5.73 Å². The minimum atomic E-state index is -0.408. The van der Waals surface area contributed by atoms with Crippen molar-refractivity contribution in [3.05, 3.63) is 69.5 Å². The van der Waals surface area contributed by atoms with E-state index in [0.717, 1.165) is 31.2 Å². The van der Waals surface area contributed by atoms with Crippen molar-refractivity contribution in [2.75, 3.05) is 5.73 Å². The van der Waals surface area contributed by atoms with E-state index in [1.165, 1.54) is 18.2 Å². The summed E-state index contributed by atoms with van der Waals surface area (Å²) in [4.78, 5) is 10.6. The number of nitrogen functional groups attached to an aromatic ring is 1. The third kappa shape index (κ3) is 1.97. The molecule has 24 heavy (non-hydrogen) atoms. The van der Waals surface area contributed by atoms with Gasteiger partial charge in [-0.2, -0.15) is 0 Å². The van der Waals surface area contributed by atoms with E-state index in [1.807, 2.05) is 0 Å². The number of hydrogen-bond acceptors (Lipinski definition) is 3. The quantitative estimate of drug-likeness (QED) is 0.515. The van der Waals surface area contributed by atoms with Crippen LogP contribution in [0.5, 0.6) is 0 Å². The average Bonchev–Trinajstić information content (AvgIpc) is 3.13. The fourth-order valence-electron chi connectivity index (χ4n) is 5.12. The summed E-state index contributed by atoms with van der Waals surface area (Å²) >= 11 is 0. The summed E-state index contributed by atoms with van der Waals surface area (Å²) in [5.74, 6) is 0.488. The third-order valence-electron chi connectivity index (χ3n) is 6.01. The number of nitro groups is 1. The number of rotatable bonds is 3. The Morgan fingerprint density at radius 1 is 1.04 bits per heavy atom. The molecule has 2 aliphatic carbocycles. The Bertz CT molecular complexity index is 784. The van der Waals surface area contributed by atoms with Gasteiger partial charge in [-0.1, -0.05) is 12.1 Å². The molecule has 0 radical (unpaired) electrons. The van der Waals surface area contributed by atoms with E-state index in [9.17, 15) is 14.5 Å². The number of nitrogens with two attached hydrogens (primary N) is 1. The first-order chi connectivity index (χ1) is 11.5. The number of non-ortho nitro benzene ring substituents is 1. The molecule has 4 rings (SSSR count). The molecule has 0 aromatic heterocycles. The number of halogens is 1. The Morgan fingerprint density at radius 3 is 2.17 bits per heavy atom. The number of nitrogens with zero attached hydrogens (tertiary/aromatic N) is 1. The van der Waals surface area contributed by atoms with Crippen molar-refractivity contribution in [3.63, 3.8) is 0 Å². The molecule has 2 aromatic rings. The zero-order valence-electron chi connectivity index (χ0n) is 13.2. The van der Waals surface area contributed by atoms with E-state index in [2.05, 4.69) is 0 Å². The van der Waals surface area contributed by atoms with Crippen LogP contribution in [0.3, 0.4) is 0 Å². The van der Waals surface area contributed by atoms with Crippen LogP contribution in [0.1, 0.15) is 36.8 Å². The van der Waals surface area contributed by atoms with E-state index >= 15 is 0 Å². The van der Waals surface area contributed by atoms with Crippen molar-refractivity contribution in [2.24, 2.45) is 11.8 Å². The SMILES string of the molecule is Nc1ccc(F)c(C2(c3ccc([N+](=O)[O-])cc3)C3CCC2CC3)c1. The molecule has 2 saturated carbocycles. The molecule has 124 valence electrons. The van der Waals surface area contributed by atoms with Gasteiger partial charge in [0, 0.05) is 28.8 Å². The maximum atomic E-state index is 14.8. The largest absolute Gasteiger partial charge is 0.399 e. The van der Waals surface area contributed by atoms with Crippen LogP contribution >= 0.6 is 0 Å². The molecule has 2 N–H and O–H groups in total. The predicted octanol–water partition coefficient (Wildman–Crippen LogP) is 4.42. The molecule has 0 spiro atoms. The Labute approximate surface area is 139 Å². The van der Waals surface area contributed by atoms with Crippen LogP contribution in [0, 0.1) is 27.8 Å². The van der Waals surface area contributed by atoms with Crippen LogP contribution in [-0.2, 0) is 5.41 Å². The Balaban J connectivity index is 1.93. The van der Waals surface area contributed by atoms with Gasteiger partial charge < -0.3 is 5.73 Å². The van der Waals surface area contributed by atoms with Gasteiger partial charge in [0.25, 0.3) is 5.69 Å². The lowest BCUT2D eigenvalue weighted by Gasteiger charge is -2.36. The van der Waals surface area contributed by atoms with Crippen molar-refractivity contribution in [2.45, 2.75) is 31.1 Å². The maximum absolute atomic E-state index is 14.8. The van der Waals surface area contributed by atoms with Gasteiger partial charge in [0.1, 0.15) is 5.82 Å². The van der Waals surface area contributed by atoms with Crippen molar-refractivity contribution in [1.82, 2.24) is 0 Å². The second-order valence-corrected chi connectivity index (χ2v) is 6.96. The minimum absolute atomic E-state index is 0.0623. The Kier molecular flexibility index (Phi) is 3.34. The van der Waals surface area contributed by atoms with Gasteiger partial charge in [-0.3, -0.25) is 10.1 Å². The van der Waals surface area contributed by atoms with Gasteiger partial charge in [0.15, 0.2) is 0 Å². The fourth-order valence-corrected chi connectivity index (χ4v) is 5.12. The summed E-state index contributed by atoms with van der Waals surface area (Å²) in [6, 6.07) is 11.4. The number of fused-ring (bicyclic) bond motifs is 2. The van der Waals surface area contributed by atoms with Crippen LogP contribution in [0.2, 0.25) is 0 Å². The molecule has 0 saturated heterocycles. The van der Waals surface area contributed by atoms with Gasteiger partial charge >= 0.3 is 0 Å². The highest BCUT2D eigenvalue weighted by molar-refractivity contribution is 5.52. The standard InChI is InChI=1S/C19H19FN2O2/c20-18-10-7-15(21)11-17(18)19(12-1-2-13(19)4-3-12)14-5-8-16(9-6-14)22(23)24/h5-13H,1-4,21H2. The van der Waals surface area contributed by atoms with E-state index in [-0.39, 0.29) is 11.5 Å². The zero-order valence-corrected chi connectivity index (χ0v) is 13.2. The maximum Gasteiger partial charge on any atom is 0.269 e. The van der Waals surface area contributed by atoms with Crippen LogP contribution < -0.4 is 5.73 Å². The van der Waals surface area contributed by atoms with Crippen molar-refractivity contribution >= 4 is 11.4 Å². The lowest BCUT2D eigenvalue weighted by atomic mass is 9.66. The summed E-state index contributed by atoms with van der Waals surface area (Å²) in [5.41, 5.74) is 7.79. The molecular weight excluding hydrogens is 307 g/mol. The molecule has 2 fully saturated rings. The summed E-state index contributed by atoms with van der Waals surface area (Å²) in [5, 5.41) is 11.0. The van der Waals surface area contributed by atoms with Gasteiger partial charge in [0.05, 0.1) is 4.92 Å². The summed E-state index contributed by atoms with van der Waals surface area (Å²) in [6.07, 6.45) is 4.26. The first-order valence-electron chi connectivity index (χ1n) is 8.34. The second kappa shape index (κ2) is 5.30. The highest BCUT2D eigenvalue weighted by Crippen LogP contribution is 2.62. The first-order valence-corrected chi connectivity index (χ1v) is 8.34. The molecule has 0 unspecified atom stereocenters. The number of anilines is 1.